The lowest BCUT2D eigenvalue weighted by Gasteiger charge is -2.30. The first kappa shape index (κ1) is 12.0. The van der Waals surface area contributed by atoms with E-state index in [9.17, 15) is 0 Å². The van der Waals surface area contributed by atoms with Crippen LogP contribution in [-0.2, 0) is 9.47 Å². The van der Waals surface area contributed by atoms with Crippen molar-refractivity contribution in [3.8, 4) is 0 Å². The zero-order chi connectivity index (χ0) is 10.4. The summed E-state index contributed by atoms with van der Waals surface area (Å²) in [6.45, 7) is 2.97. The van der Waals surface area contributed by atoms with Gasteiger partial charge in [-0.1, -0.05) is 0 Å². The zero-order valence-corrected chi connectivity index (χ0v) is 9.58. The Balaban J connectivity index is 2.15. The molecule has 0 saturated heterocycles. The second-order valence-corrected chi connectivity index (χ2v) is 4.23. The van der Waals surface area contributed by atoms with Crippen LogP contribution in [0.25, 0.3) is 0 Å². The summed E-state index contributed by atoms with van der Waals surface area (Å²) in [4.78, 5) is 0. The maximum atomic E-state index is 5.34. The lowest BCUT2D eigenvalue weighted by molar-refractivity contribution is 0.0592. The first-order valence-corrected chi connectivity index (χ1v) is 5.54. The Morgan fingerprint density at radius 2 is 1.86 bits per heavy atom. The minimum absolute atomic E-state index is 0.462. The molecular weight excluding hydrogens is 178 g/mol. The van der Waals surface area contributed by atoms with E-state index in [1.807, 2.05) is 7.11 Å². The van der Waals surface area contributed by atoms with Gasteiger partial charge in [-0.25, -0.2) is 0 Å². The van der Waals surface area contributed by atoms with Gasteiger partial charge in [0, 0.05) is 26.3 Å². The Morgan fingerprint density at radius 3 is 2.36 bits per heavy atom. The fourth-order valence-electron chi connectivity index (χ4n) is 2.17. The van der Waals surface area contributed by atoms with E-state index in [1.165, 1.54) is 25.7 Å². The molecule has 1 aliphatic carbocycles. The summed E-state index contributed by atoms with van der Waals surface area (Å²) < 4.78 is 10.4. The van der Waals surface area contributed by atoms with E-state index in [1.54, 1.807) is 7.11 Å². The molecule has 14 heavy (non-hydrogen) atoms. The fraction of sp³-hybridized carbons (Fsp3) is 1.00. The summed E-state index contributed by atoms with van der Waals surface area (Å²) >= 11 is 0. The average Bonchev–Trinajstić information content (AvgIpc) is 2.19. The topological polar surface area (TPSA) is 30.5 Å². The Bertz CT molecular complexity index is 144. The summed E-state index contributed by atoms with van der Waals surface area (Å²) in [6, 6.07) is 1.12. The van der Waals surface area contributed by atoms with Gasteiger partial charge in [0.05, 0.1) is 12.7 Å². The van der Waals surface area contributed by atoms with Gasteiger partial charge in [-0.3, -0.25) is 0 Å². The number of ether oxygens (including phenoxy) is 2. The molecule has 1 saturated carbocycles. The predicted octanol–water partition coefficient (Wildman–Crippen LogP) is 1.57. The Labute approximate surface area is 87.2 Å². The van der Waals surface area contributed by atoms with Crippen LogP contribution in [0.15, 0.2) is 0 Å². The van der Waals surface area contributed by atoms with Crippen LogP contribution in [0, 0.1) is 0 Å². The Morgan fingerprint density at radius 1 is 1.21 bits per heavy atom. The summed E-state index contributed by atoms with van der Waals surface area (Å²) in [7, 11) is 3.56. The van der Waals surface area contributed by atoms with E-state index in [0.29, 0.717) is 18.2 Å². The predicted molar refractivity (Wildman–Crippen MR) is 57.5 cm³/mol. The molecule has 84 valence electrons. The lowest BCUT2D eigenvalue weighted by Crippen LogP contribution is -2.42. The van der Waals surface area contributed by atoms with Crippen LogP contribution in [0.4, 0.5) is 0 Å². The SMILES string of the molecule is COCC(C)NC1CCC(OC)CC1. The molecule has 1 fully saturated rings. The van der Waals surface area contributed by atoms with Crippen LogP contribution in [0.3, 0.4) is 0 Å². The largest absolute Gasteiger partial charge is 0.383 e. The number of hydrogen-bond donors (Lipinski definition) is 1. The first-order valence-electron chi connectivity index (χ1n) is 5.54. The van der Waals surface area contributed by atoms with Crippen LogP contribution in [0.2, 0.25) is 0 Å². The van der Waals surface area contributed by atoms with Gasteiger partial charge in [0.1, 0.15) is 0 Å². The van der Waals surface area contributed by atoms with Gasteiger partial charge in [0.15, 0.2) is 0 Å². The maximum absolute atomic E-state index is 5.34. The molecule has 1 rings (SSSR count). The molecule has 0 amide bonds. The second kappa shape index (κ2) is 6.38. The molecule has 0 aromatic carbocycles. The van der Waals surface area contributed by atoms with Crippen molar-refractivity contribution >= 4 is 0 Å². The van der Waals surface area contributed by atoms with Crippen molar-refractivity contribution in [1.82, 2.24) is 5.32 Å². The molecule has 0 aromatic heterocycles. The maximum Gasteiger partial charge on any atom is 0.0613 e. The van der Waals surface area contributed by atoms with Crippen molar-refractivity contribution in [3.63, 3.8) is 0 Å². The van der Waals surface area contributed by atoms with Crippen molar-refractivity contribution in [2.24, 2.45) is 0 Å². The molecule has 0 aromatic rings. The fourth-order valence-corrected chi connectivity index (χ4v) is 2.17. The number of hydrogen-bond acceptors (Lipinski definition) is 3. The van der Waals surface area contributed by atoms with Crippen LogP contribution in [0.5, 0.6) is 0 Å². The first-order chi connectivity index (χ1) is 6.76. The summed E-state index contributed by atoms with van der Waals surface area (Å²) in [6.07, 6.45) is 5.33. The van der Waals surface area contributed by atoms with Crippen molar-refractivity contribution in [1.29, 1.82) is 0 Å². The van der Waals surface area contributed by atoms with Gasteiger partial charge >= 0.3 is 0 Å². The third kappa shape index (κ3) is 3.95. The molecule has 1 unspecified atom stereocenters. The average molecular weight is 201 g/mol. The molecule has 0 radical (unpaired) electrons. The zero-order valence-electron chi connectivity index (χ0n) is 9.58. The van der Waals surface area contributed by atoms with Gasteiger partial charge in [-0.15, -0.1) is 0 Å². The van der Waals surface area contributed by atoms with E-state index >= 15 is 0 Å². The molecular formula is C11H23NO2. The molecule has 3 nitrogen and oxygen atoms in total. The van der Waals surface area contributed by atoms with Gasteiger partial charge in [-0.2, -0.15) is 0 Å². The molecule has 3 heteroatoms. The standard InChI is InChI=1S/C11H23NO2/c1-9(8-13-2)12-10-4-6-11(14-3)7-5-10/h9-12H,4-8H2,1-3H3. The van der Waals surface area contributed by atoms with E-state index < -0.39 is 0 Å². The van der Waals surface area contributed by atoms with Crippen molar-refractivity contribution < 1.29 is 9.47 Å². The minimum atomic E-state index is 0.462. The quantitative estimate of drug-likeness (QED) is 0.732. The number of methoxy groups -OCH3 is 2. The summed E-state index contributed by atoms with van der Waals surface area (Å²) in [5.41, 5.74) is 0. The molecule has 1 N–H and O–H groups in total. The van der Waals surface area contributed by atoms with E-state index in [2.05, 4.69) is 12.2 Å². The molecule has 0 aliphatic heterocycles. The highest BCUT2D eigenvalue weighted by Crippen LogP contribution is 2.20. The van der Waals surface area contributed by atoms with E-state index in [0.717, 1.165) is 6.61 Å². The molecule has 1 atom stereocenters. The van der Waals surface area contributed by atoms with Crippen molar-refractivity contribution in [2.75, 3.05) is 20.8 Å². The van der Waals surface area contributed by atoms with Crippen LogP contribution < -0.4 is 5.32 Å². The van der Waals surface area contributed by atoms with E-state index in [-0.39, 0.29) is 0 Å². The summed E-state index contributed by atoms with van der Waals surface area (Å²) in [5.74, 6) is 0. The van der Waals surface area contributed by atoms with Gasteiger partial charge in [-0.05, 0) is 32.6 Å². The highest BCUT2D eigenvalue weighted by atomic mass is 16.5. The molecule has 0 heterocycles. The lowest BCUT2D eigenvalue weighted by atomic mass is 9.92. The molecule has 0 bridgehead atoms. The smallest absolute Gasteiger partial charge is 0.0613 e. The molecule has 1 aliphatic rings. The normalized spacial score (nSPS) is 30.2. The van der Waals surface area contributed by atoms with Crippen LogP contribution >= 0.6 is 0 Å². The Kier molecular flexibility index (Phi) is 5.45. The highest BCUT2D eigenvalue weighted by molar-refractivity contribution is 4.79. The van der Waals surface area contributed by atoms with Crippen LogP contribution in [-0.4, -0.2) is 39.0 Å². The number of rotatable bonds is 5. The van der Waals surface area contributed by atoms with Crippen molar-refractivity contribution in [2.45, 2.75) is 50.8 Å². The monoisotopic (exact) mass is 201 g/mol. The highest BCUT2D eigenvalue weighted by Gasteiger charge is 2.21. The van der Waals surface area contributed by atoms with Gasteiger partial charge < -0.3 is 14.8 Å². The summed E-state index contributed by atoms with van der Waals surface area (Å²) in [5, 5.41) is 3.58. The van der Waals surface area contributed by atoms with Gasteiger partial charge in [0.25, 0.3) is 0 Å². The second-order valence-electron chi connectivity index (χ2n) is 4.23. The third-order valence-corrected chi connectivity index (χ3v) is 2.94. The molecule has 0 spiro atoms. The van der Waals surface area contributed by atoms with Gasteiger partial charge in [0.2, 0.25) is 0 Å². The Hall–Kier alpha value is -0.120. The third-order valence-electron chi connectivity index (χ3n) is 2.94. The van der Waals surface area contributed by atoms with Crippen LogP contribution in [0.1, 0.15) is 32.6 Å². The minimum Gasteiger partial charge on any atom is -0.383 e. The van der Waals surface area contributed by atoms with E-state index in [4.69, 9.17) is 9.47 Å². The number of nitrogens with one attached hydrogen (secondary N) is 1. The van der Waals surface area contributed by atoms with Crippen molar-refractivity contribution in [3.05, 3.63) is 0 Å².